The quantitative estimate of drug-likeness (QED) is 0.930. The van der Waals surface area contributed by atoms with Crippen LogP contribution in [0.1, 0.15) is 26.2 Å². The first-order chi connectivity index (χ1) is 9.95. The highest BCUT2D eigenvalue weighted by atomic mass is 32.2. The molecule has 116 valence electrons. The van der Waals surface area contributed by atoms with Crippen molar-refractivity contribution < 1.29 is 17.9 Å². The summed E-state index contributed by atoms with van der Waals surface area (Å²) in [6, 6.07) is 6.14. The van der Waals surface area contributed by atoms with Gasteiger partial charge in [0, 0.05) is 18.3 Å². The lowest BCUT2D eigenvalue weighted by Crippen LogP contribution is -2.41. The number of piperidine rings is 1. The number of anilines is 1. The molecule has 1 heterocycles. The number of hydrogen-bond donors (Lipinski definition) is 1. The normalized spacial score (nSPS) is 20.0. The van der Waals surface area contributed by atoms with Gasteiger partial charge in [0.1, 0.15) is 0 Å². The summed E-state index contributed by atoms with van der Waals surface area (Å²) in [5, 5.41) is 2.49. The molecule has 1 aromatic carbocycles. The van der Waals surface area contributed by atoms with Crippen LogP contribution in [-0.2, 0) is 14.8 Å². The number of hydrogen-bond acceptors (Lipinski definition) is 4. The van der Waals surface area contributed by atoms with Crippen molar-refractivity contribution in [3.63, 3.8) is 0 Å². The molecular weight excluding hydrogens is 292 g/mol. The van der Waals surface area contributed by atoms with Crippen LogP contribution in [0.2, 0.25) is 0 Å². The van der Waals surface area contributed by atoms with Crippen molar-refractivity contribution in [2.45, 2.75) is 37.1 Å². The molecule has 21 heavy (non-hydrogen) atoms. The molecule has 0 saturated carbocycles. The van der Waals surface area contributed by atoms with E-state index in [9.17, 15) is 13.2 Å². The van der Waals surface area contributed by atoms with Crippen molar-refractivity contribution in [1.82, 2.24) is 4.31 Å². The first kappa shape index (κ1) is 15.8. The molecule has 1 atom stereocenters. The maximum Gasteiger partial charge on any atom is 0.411 e. The second-order valence-electron chi connectivity index (χ2n) is 5.10. The fourth-order valence-corrected chi connectivity index (χ4v) is 4.14. The highest BCUT2D eigenvalue weighted by Gasteiger charge is 2.30. The van der Waals surface area contributed by atoms with Gasteiger partial charge in [-0.25, -0.2) is 13.2 Å². The van der Waals surface area contributed by atoms with Gasteiger partial charge in [-0.05, 0) is 44.0 Å². The molecule has 1 amide bonds. The number of carbonyl (C=O) groups excluding carboxylic acids is 1. The topological polar surface area (TPSA) is 75.7 Å². The van der Waals surface area contributed by atoms with E-state index in [1.54, 1.807) is 16.4 Å². The highest BCUT2D eigenvalue weighted by molar-refractivity contribution is 7.89. The Hall–Kier alpha value is -1.60. The Kier molecular flexibility index (Phi) is 4.84. The minimum Gasteiger partial charge on any atom is -0.453 e. The predicted octanol–water partition coefficient (Wildman–Crippen LogP) is 2.43. The molecule has 1 unspecified atom stereocenters. The average Bonchev–Trinajstić information content (AvgIpc) is 2.48. The molecule has 0 bridgehead atoms. The molecule has 2 rings (SSSR count). The second kappa shape index (κ2) is 6.44. The van der Waals surface area contributed by atoms with Crippen molar-refractivity contribution >= 4 is 21.8 Å². The summed E-state index contributed by atoms with van der Waals surface area (Å²) < 4.78 is 31.2. The molecule has 1 aliphatic rings. The van der Waals surface area contributed by atoms with Crippen molar-refractivity contribution in [2.24, 2.45) is 0 Å². The fraction of sp³-hybridized carbons (Fsp3) is 0.500. The van der Waals surface area contributed by atoms with Gasteiger partial charge in [0.25, 0.3) is 0 Å². The van der Waals surface area contributed by atoms with Crippen LogP contribution in [0.4, 0.5) is 10.5 Å². The van der Waals surface area contributed by atoms with Gasteiger partial charge >= 0.3 is 6.09 Å². The third-order valence-corrected chi connectivity index (χ3v) is 5.66. The Morgan fingerprint density at radius 2 is 1.95 bits per heavy atom. The zero-order chi connectivity index (χ0) is 15.5. The summed E-state index contributed by atoms with van der Waals surface area (Å²) in [4.78, 5) is 11.3. The number of nitrogens with one attached hydrogen (secondary N) is 1. The Morgan fingerprint density at radius 3 is 2.52 bits per heavy atom. The molecule has 0 radical (unpaired) electrons. The van der Waals surface area contributed by atoms with Crippen molar-refractivity contribution in [3.05, 3.63) is 24.3 Å². The monoisotopic (exact) mass is 312 g/mol. The van der Waals surface area contributed by atoms with Crippen LogP contribution in [0.3, 0.4) is 0 Å². The van der Waals surface area contributed by atoms with E-state index < -0.39 is 16.1 Å². The van der Waals surface area contributed by atoms with Crippen LogP contribution >= 0.6 is 0 Å². The number of benzene rings is 1. The minimum absolute atomic E-state index is 0.0246. The Balaban J connectivity index is 2.18. The van der Waals surface area contributed by atoms with E-state index in [4.69, 9.17) is 0 Å². The van der Waals surface area contributed by atoms with Gasteiger partial charge < -0.3 is 4.74 Å². The van der Waals surface area contributed by atoms with Gasteiger partial charge in [0.15, 0.2) is 0 Å². The first-order valence-corrected chi connectivity index (χ1v) is 8.36. The van der Waals surface area contributed by atoms with Gasteiger partial charge in [-0.15, -0.1) is 0 Å². The summed E-state index contributed by atoms with van der Waals surface area (Å²) in [6.07, 6.45) is 2.26. The molecular formula is C14H20N2O4S. The zero-order valence-electron chi connectivity index (χ0n) is 12.2. The van der Waals surface area contributed by atoms with Crippen LogP contribution in [-0.4, -0.2) is 38.5 Å². The van der Waals surface area contributed by atoms with E-state index >= 15 is 0 Å². The smallest absolute Gasteiger partial charge is 0.411 e. The molecule has 1 N–H and O–H groups in total. The van der Waals surface area contributed by atoms with E-state index in [-0.39, 0.29) is 10.9 Å². The molecule has 1 aromatic rings. The Bertz CT molecular complexity index is 598. The molecule has 0 aromatic heterocycles. The molecule has 1 saturated heterocycles. The maximum atomic E-state index is 12.6. The van der Waals surface area contributed by atoms with Crippen molar-refractivity contribution in [1.29, 1.82) is 0 Å². The largest absolute Gasteiger partial charge is 0.453 e. The van der Waals surface area contributed by atoms with Crippen LogP contribution in [0.15, 0.2) is 29.2 Å². The minimum atomic E-state index is -3.47. The third kappa shape index (κ3) is 3.54. The molecule has 1 fully saturated rings. The summed E-state index contributed by atoms with van der Waals surface area (Å²) >= 11 is 0. The van der Waals surface area contributed by atoms with E-state index in [1.807, 2.05) is 6.92 Å². The average molecular weight is 312 g/mol. The lowest BCUT2D eigenvalue weighted by Gasteiger charge is -2.32. The number of methoxy groups -OCH3 is 1. The SMILES string of the molecule is COC(=O)Nc1ccc(S(=O)(=O)N2CCCCC2C)cc1. The highest BCUT2D eigenvalue weighted by Crippen LogP contribution is 2.25. The maximum absolute atomic E-state index is 12.6. The summed E-state index contributed by atoms with van der Waals surface area (Å²) in [5.41, 5.74) is 0.493. The Labute approximate surface area is 125 Å². The third-order valence-electron chi connectivity index (χ3n) is 3.63. The van der Waals surface area contributed by atoms with Crippen LogP contribution in [0, 0.1) is 0 Å². The molecule has 7 heteroatoms. The van der Waals surface area contributed by atoms with E-state index in [1.165, 1.54) is 19.2 Å². The summed E-state index contributed by atoms with van der Waals surface area (Å²) in [6.45, 7) is 2.50. The fourth-order valence-electron chi connectivity index (χ4n) is 2.44. The number of nitrogens with zero attached hydrogens (tertiary/aromatic N) is 1. The van der Waals surface area contributed by atoms with E-state index in [0.29, 0.717) is 12.2 Å². The zero-order valence-corrected chi connectivity index (χ0v) is 13.0. The van der Waals surface area contributed by atoms with Gasteiger partial charge in [-0.1, -0.05) is 6.42 Å². The molecule has 0 aliphatic carbocycles. The Morgan fingerprint density at radius 1 is 1.29 bits per heavy atom. The van der Waals surface area contributed by atoms with Gasteiger partial charge in [-0.3, -0.25) is 5.32 Å². The van der Waals surface area contributed by atoms with Crippen LogP contribution in [0.25, 0.3) is 0 Å². The van der Waals surface area contributed by atoms with E-state index in [0.717, 1.165) is 19.3 Å². The predicted molar refractivity (Wildman–Crippen MR) is 79.7 cm³/mol. The lowest BCUT2D eigenvalue weighted by atomic mass is 10.1. The molecule has 6 nitrogen and oxygen atoms in total. The van der Waals surface area contributed by atoms with E-state index in [2.05, 4.69) is 10.1 Å². The second-order valence-corrected chi connectivity index (χ2v) is 6.99. The number of sulfonamides is 1. The standard InChI is InChI=1S/C14H20N2O4S/c1-11-5-3-4-10-16(11)21(18,19)13-8-6-12(7-9-13)15-14(17)20-2/h6-9,11H,3-5,10H2,1-2H3,(H,15,17). The number of amides is 1. The summed E-state index contributed by atoms with van der Waals surface area (Å²) in [7, 11) is -2.20. The first-order valence-electron chi connectivity index (χ1n) is 6.92. The number of rotatable bonds is 3. The number of ether oxygens (including phenoxy) is 1. The van der Waals surface area contributed by atoms with Gasteiger partial charge in [-0.2, -0.15) is 4.31 Å². The van der Waals surface area contributed by atoms with Crippen LogP contribution < -0.4 is 5.32 Å². The summed E-state index contributed by atoms with van der Waals surface area (Å²) in [5.74, 6) is 0. The molecule has 1 aliphatic heterocycles. The molecule has 0 spiro atoms. The lowest BCUT2D eigenvalue weighted by molar-refractivity contribution is 0.187. The van der Waals surface area contributed by atoms with Gasteiger partial charge in [0.05, 0.1) is 12.0 Å². The van der Waals surface area contributed by atoms with Gasteiger partial charge in [0.2, 0.25) is 10.0 Å². The number of carbonyl (C=O) groups is 1. The van der Waals surface area contributed by atoms with Crippen LogP contribution in [0.5, 0.6) is 0 Å². The van der Waals surface area contributed by atoms with Crippen molar-refractivity contribution in [2.75, 3.05) is 19.0 Å². The van der Waals surface area contributed by atoms with Crippen molar-refractivity contribution in [3.8, 4) is 0 Å².